The number of aliphatic carboxylic acids is 1. The number of carboxylic acid groups (broad SMARTS) is 1. The second kappa shape index (κ2) is 8.30. The molecule has 1 saturated heterocycles. The first-order chi connectivity index (χ1) is 12.2. The highest BCUT2D eigenvalue weighted by atomic mass is 19.3. The van der Waals surface area contributed by atoms with E-state index in [1.54, 1.807) is 0 Å². The molecule has 1 amide bonds. The lowest BCUT2D eigenvalue weighted by Gasteiger charge is -2.32. The van der Waals surface area contributed by atoms with Crippen LogP contribution >= 0.6 is 0 Å². The van der Waals surface area contributed by atoms with E-state index in [0.717, 1.165) is 12.3 Å². The largest absolute Gasteiger partial charge is 0.481 e. The minimum Gasteiger partial charge on any atom is -0.481 e. The predicted octanol–water partition coefficient (Wildman–Crippen LogP) is 1.68. The molecular weight excluding hydrogens is 364 g/mol. The third kappa shape index (κ3) is 5.28. The summed E-state index contributed by atoms with van der Waals surface area (Å²) in [4.78, 5) is 28.1. The maximum Gasteiger partial charge on any atom is 0.340 e. The van der Waals surface area contributed by atoms with Crippen LogP contribution in [-0.4, -0.2) is 71.6 Å². The molecule has 1 aliphatic heterocycles. The van der Waals surface area contributed by atoms with Crippen LogP contribution in [0, 0.1) is 0 Å². The van der Waals surface area contributed by atoms with Crippen molar-refractivity contribution in [3.8, 4) is 5.88 Å². The van der Waals surface area contributed by atoms with E-state index < -0.39 is 36.9 Å². The van der Waals surface area contributed by atoms with Gasteiger partial charge in [-0.15, -0.1) is 0 Å². The lowest BCUT2D eigenvalue weighted by atomic mass is 10.1. The molecule has 1 aromatic heterocycles. The topological polar surface area (TPSA) is 89.0 Å². The van der Waals surface area contributed by atoms with Gasteiger partial charge in [0.25, 0.3) is 5.91 Å². The lowest BCUT2D eigenvalue weighted by Crippen LogP contribution is -2.46. The minimum atomic E-state index is -4.30. The number of hydrogen-bond donors (Lipinski definition) is 1. The molecule has 2 heterocycles. The van der Waals surface area contributed by atoms with E-state index in [1.165, 1.54) is 11.0 Å². The highest BCUT2D eigenvalue weighted by Crippen LogP contribution is 2.24. The fraction of sp³-hybridized carbons (Fsp3) is 0.533. The van der Waals surface area contributed by atoms with Crippen LogP contribution in [0.2, 0.25) is 0 Å². The van der Waals surface area contributed by atoms with Gasteiger partial charge >= 0.3 is 18.3 Å². The number of rotatable bonds is 7. The number of carbonyl (C=O) groups excluding carboxylic acids is 1. The maximum absolute atomic E-state index is 12.8. The zero-order valence-corrected chi connectivity index (χ0v) is 13.4. The fourth-order valence-corrected chi connectivity index (χ4v) is 2.23. The van der Waals surface area contributed by atoms with Crippen LogP contribution in [0.15, 0.2) is 18.3 Å². The van der Waals surface area contributed by atoms with Crippen LogP contribution in [-0.2, 0) is 9.53 Å². The average molecular weight is 380 g/mol. The van der Waals surface area contributed by atoms with Crippen molar-refractivity contribution in [2.75, 3.05) is 26.3 Å². The van der Waals surface area contributed by atoms with Crippen LogP contribution in [0.3, 0.4) is 0 Å². The van der Waals surface area contributed by atoms with E-state index in [9.17, 15) is 27.2 Å². The molecule has 1 unspecified atom stereocenters. The average Bonchev–Trinajstić information content (AvgIpc) is 2.59. The van der Waals surface area contributed by atoms with Gasteiger partial charge in [0.15, 0.2) is 6.61 Å². The summed E-state index contributed by atoms with van der Waals surface area (Å²) < 4.78 is 59.5. The van der Waals surface area contributed by atoms with E-state index in [0.29, 0.717) is 0 Å². The summed E-state index contributed by atoms with van der Waals surface area (Å²) >= 11 is 0. The fourth-order valence-electron chi connectivity index (χ4n) is 2.23. The normalized spacial score (nSPS) is 18.0. The third-order valence-electron chi connectivity index (χ3n) is 3.54. The minimum absolute atomic E-state index is 0.0873. The highest BCUT2D eigenvalue weighted by Gasteiger charge is 2.41. The number of halogens is 4. The number of morpholine rings is 1. The predicted molar refractivity (Wildman–Crippen MR) is 78.6 cm³/mol. The summed E-state index contributed by atoms with van der Waals surface area (Å²) in [5, 5.41) is 8.77. The molecule has 7 nitrogen and oxygen atoms in total. The van der Waals surface area contributed by atoms with Gasteiger partial charge in [-0.2, -0.15) is 8.78 Å². The van der Waals surface area contributed by atoms with Crippen molar-refractivity contribution >= 4 is 11.9 Å². The molecule has 0 bridgehead atoms. The van der Waals surface area contributed by atoms with Crippen molar-refractivity contribution < 1.29 is 41.7 Å². The zero-order chi connectivity index (χ0) is 19.3. The quantitative estimate of drug-likeness (QED) is 0.724. The van der Waals surface area contributed by atoms with E-state index >= 15 is 0 Å². The van der Waals surface area contributed by atoms with Gasteiger partial charge in [0.1, 0.15) is 0 Å². The van der Waals surface area contributed by atoms with E-state index in [-0.39, 0.29) is 37.6 Å². The molecule has 1 atom stereocenters. The van der Waals surface area contributed by atoms with E-state index in [4.69, 9.17) is 9.84 Å². The lowest BCUT2D eigenvalue weighted by molar-refractivity contribution is -0.148. The summed E-state index contributed by atoms with van der Waals surface area (Å²) in [7, 11) is 0. The monoisotopic (exact) mass is 380 g/mol. The second-order valence-electron chi connectivity index (χ2n) is 5.58. The Bertz CT molecular complexity index is 641. The Morgan fingerprint density at radius 2 is 2.15 bits per heavy atom. The maximum atomic E-state index is 12.8. The first kappa shape index (κ1) is 19.9. The van der Waals surface area contributed by atoms with Crippen LogP contribution in [0.1, 0.15) is 16.8 Å². The second-order valence-corrected chi connectivity index (χ2v) is 5.58. The number of ether oxygens (including phenoxy) is 2. The van der Waals surface area contributed by atoms with Gasteiger partial charge in [-0.3, -0.25) is 9.59 Å². The van der Waals surface area contributed by atoms with Gasteiger partial charge in [-0.1, -0.05) is 0 Å². The SMILES string of the molecule is O=C(O)CC1CN(C(=O)c2ccc(OCC(F)(F)C(F)F)nc2)CCO1. The van der Waals surface area contributed by atoms with Crippen molar-refractivity contribution in [1.82, 2.24) is 9.88 Å². The summed E-state index contributed by atoms with van der Waals surface area (Å²) in [5.74, 6) is -6.12. The van der Waals surface area contributed by atoms with Crippen LogP contribution in [0.5, 0.6) is 5.88 Å². The number of aromatic nitrogens is 1. The molecule has 0 saturated carbocycles. The van der Waals surface area contributed by atoms with E-state index in [1.807, 2.05) is 0 Å². The molecule has 1 aromatic rings. The number of carbonyl (C=O) groups is 2. The number of alkyl halides is 4. The smallest absolute Gasteiger partial charge is 0.340 e. The summed E-state index contributed by atoms with van der Waals surface area (Å²) in [6, 6.07) is 2.37. The summed E-state index contributed by atoms with van der Waals surface area (Å²) in [6.07, 6.45) is -3.66. The number of carboxylic acids is 1. The number of nitrogens with zero attached hydrogens (tertiary/aromatic N) is 2. The first-order valence-electron chi connectivity index (χ1n) is 7.56. The molecule has 0 aliphatic carbocycles. The summed E-state index contributed by atoms with van der Waals surface area (Å²) in [5.41, 5.74) is 0.119. The summed E-state index contributed by atoms with van der Waals surface area (Å²) in [6.45, 7) is -1.01. The Kier molecular flexibility index (Phi) is 6.35. The molecule has 0 radical (unpaired) electrons. The number of pyridine rings is 1. The molecule has 1 fully saturated rings. The third-order valence-corrected chi connectivity index (χ3v) is 3.54. The van der Waals surface area contributed by atoms with Crippen molar-refractivity contribution in [1.29, 1.82) is 0 Å². The Hall–Kier alpha value is -2.43. The molecule has 11 heteroatoms. The molecule has 26 heavy (non-hydrogen) atoms. The van der Waals surface area contributed by atoms with E-state index in [2.05, 4.69) is 9.72 Å². The van der Waals surface area contributed by atoms with Crippen LogP contribution in [0.25, 0.3) is 0 Å². The first-order valence-corrected chi connectivity index (χ1v) is 7.56. The van der Waals surface area contributed by atoms with Crippen molar-refractivity contribution in [3.63, 3.8) is 0 Å². The van der Waals surface area contributed by atoms with Gasteiger partial charge in [0.05, 0.1) is 24.7 Å². The van der Waals surface area contributed by atoms with Crippen LogP contribution < -0.4 is 4.74 Å². The molecule has 2 rings (SSSR count). The molecule has 0 spiro atoms. The van der Waals surface area contributed by atoms with Crippen LogP contribution in [0.4, 0.5) is 17.6 Å². The molecule has 1 aliphatic rings. The van der Waals surface area contributed by atoms with Gasteiger partial charge in [0.2, 0.25) is 5.88 Å². The van der Waals surface area contributed by atoms with Crippen molar-refractivity contribution in [2.24, 2.45) is 0 Å². The molecule has 1 N–H and O–H groups in total. The van der Waals surface area contributed by atoms with Gasteiger partial charge in [-0.25, -0.2) is 13.8 Å². The standard InChI is InChI=1S/C15H16F4N2O5/c16-14(17)15(18,19)8-26-11-2-1-9(6-20-11)13(24)21-3-4-25-10(7-21)5-12(22)23/h1-2,6,10,14H,3-5,7-8H2,(H,22,23). The molecule has 144 valence electrons. The Labute approximate surface area is 145 Å². The number of hydrogen-bond acceptors (Lipinski definition) is 5. The van der Waals surface area contributed by atoms with Crippen molar-refractivity contribution in [3.05, 3.63) is 23.9 Å². The Morgan fingerprint density at radius 1 is 1.42 bits per heavy atom. The highest BCUT2D eigenvalue weighted by molar-refractivity contribution is 5.94. The van der Waals surface area contributed by atoms with Gasteiger partial charge < -0.3 is 19.5 Å². The zero-order valence-electron chi connectivity index (χ0n) is 13.4. The molecule has 0 aromatic carbocycles. The van der Waals surface area contributed by atoms with Gasteiger partial charge in [0, 0.05) is 25.4 Å². The molecular formula is C15H16F4N2O5. The van der Waals surface area contributed by atoms with Crippen molar-refractivity contribution in [2.45, 2.75) is 24.9 Å². The van der Waals surface area contributed by atoms with Gasteiger partial charge in [-0.05, 0) is 6.07 Å². The Morgan fingerprint density at radius 3 is 2.73 bits per heavy atom. The Balaban J connectivity index is 1.95. The number of amides is 1.